The van der Waals surface area contributed by atoms with E-state index in [4.69, 9.17) is 9.72 Å². The minimum absolute atomic E-state index is 0. The Morgan fingerprint density at radius 3 is 1.72 bits per heavy atom. The van der Waals surface area contributed by atoms with Gasteiger partial charge < -0.3 is 13.9 Å². The third-order valence-electron chi connectivity index (χ3n) is 15.6. The van der Waals surface area contributed by atoms with Gasteiger partial charge in [0.05, 0.1) is 22.1 Å². The summed E-state index contributed by atoms with van der Waals surface area (Å²) >= 11 is 0. The first-order chi connectivity index (χ1) is 36.0. The van der Waals surface area contributed by atoms with Gasteiger partial charge in [0.25, 0.3) is 6.33 Å². The van der Waals surface area contributed by atoms with Crippen molar-refractivity contribution in [3.05, 3.63) is 258 Å². The predicted molar refractivity (Wildman–Crippen MR) is 299 cm³/mol. The SMILES string of the molecule is CC(C)(C)c1ccc(C2(c3ccc(C(C)(C)C)cc3)c3cccnc3-n3c4[c-]c(Oc5[c-]c(-n6[c-][n+]7c8c(cccc86)-c6ccccc6-c6ccccc6-c6ccccc6-7)ccc5)ccc4c4cccc2c43)cc1.[Pt]. The maximum atomic E-state index is 6.84. The topological polar surface area (TPSA) is 35.9 Å². The molecule has 0 N–H and O–H groups in total. The van der Waals surface area contributed by atoms with Gasteiger partial charge in [-0.15, -0.1) is 29.7 Å². The van der Waals surface area contributed by atoms with Crippen LogP contribution in [0.1, 0.15) is 74.9 Å². The van der Waals surface area contributed by atoms with Crippen LogP contribution < -0.4 is 9.30 Å². The van der Waals surface area contributed by atoms with E-state index in [9.17, 15) is 0 Å². The van der Waals surface area contributed by atoms with Crippen molar-refractivity contribution >= 4 is 32.8 Å². The molecule has 6 heteroatoms. The van der Waals surface area contributed by atoms with Crippen LogP contribution in [0.2, 0.25) is 0 Å². The van der Waals surface area contributed by atoms with Crippen LogP contribution in [0.3, 0.4) is 0 Å². The van der Waals surface area contributed by atoms with Gasteiger partial charge in [0.15, 0.2) is 0 Å². The Bertz CT molecular complexity index is 4180. The quantitative estimate of drug-likeness (QED) is 0.127. The molecule has 12 aromatic rings. The number of benzene rings is 9. The Morgan fingerprint density at radius 1 is 0.493 bits per heavy atom. The Morgan fingerprint density at radius 2 is 1.05 bits per heavy atom. The van der Waals surface area contributed by atoms with Crippen molar-refractivity contribution in [2.75, 3.05) is 0 Å². The Hall–Kier alpha value is -8.11. The minimum Gasteiger partial charge on any atom is -0.510 e. The molecular formula is C69H52N4OPt-2. The zero-order chi connectivity index (χ0) is 50.1. The number of aromatic nitrogens is 4. The number of hydrogen-bond acceptors (Lipinski definition) is 2. The second-order valence-corrected chi connectivity index (χ2v) is 22.0. The van der Waals surface area contributed by atoms with Gasteiger partial charge in [0, 0.05) is 49.8 Å². The van der Waals surface area contributed by atoms with E-state index in [-0.39, 0.29) is 31.9 Å². The molecule has 0 spiro atoms. The van der Waals surface area contributed by atoms with Gasteiger partial charge in [-0.2, -0.15) is 18.2 Å². The van der Waals surface area contributed by atoms with Gasteiger partial charge in [-0.1, -0.05) is 205 Å². The summed E-state index contributed by atoms with van der Waals surface area (Å²) in [7, 11) is 0. The number of hydrogen-bond donors (Lipinski definition) is 0. The molecule has 0 aliphatic carbocycles. The second kappa shape index (κ2) is 17.2. The number of ether oxygens (including phenoxy) is 1. The zero-order valence-electron chi connectivity index (χ0n) is 42.6. The summed E-state index contributed by atoms with van der Waals surface area (Å²) in [6.07, 6.45) is 5.72. The van der Waals surface area contributed by atoms with Crippen LogP contribution in [-0.4, -0.2) is 14.1 Å². The molecule has 0 saturated heterocycles. The van der Waals surface area contributed by atoms with Gasteiger partial charge in [0.1, 0.15) is 5.82 Å². The van der Waals surface area contributed by atoms with Gasteiger partial charge >= 0.3 is 0 Å². The van der Waals surface area contributed by atoms with Crippen molar-refractivity contribution in [1.29, 1.82) is 0 Å². The molecule has 0 bridgehead atoms. The van der Waals surface area contributed by atoms with Gasteiger partial charge in [-0.05, 0) is 95.2 Å². The van der Waals surface area contributed by atoms with E-state index in [0.29, 0.717) is 11.5 Å². The number of fused-ring (bicyclic) bond motifs is 12. The molecule has 14 rings (SSSR count). The van der Waals surface area contributed by atoms with Crippen molar-refractivity contribution in [2.45, 2.75) is 57.8 Å². The normalized spacial score (nSPS) is 13.2. The Kier molecular flexibility index (Phi) is 10.7. The molecule has 9 aromatic carbocycles. The summed E-state index contributed by atoms with van der Waals surface area (Å²) in [4.78, 5) is 5.27. The summed E-state index contributed by atoms with van der Waals surface area (Å²) in [5, 5.41) is 2.22. The fraction of sp³-hybridized carbons (Fsp3) is 0.130. The summed E-state index contributed by atoms with van der Waals surface area (Å²) in [5.41, 5.74) is 19.6. The molecule has 0 amide bonds. The third-order valence-corrected chi connectivity index (χ3v) is 15.6. The standard InChI is InChI=1S/C69H52N4O.Pt/c1-67(2,3)44-30-34-46(35-31-44)69(47-36-32-45(33-37-47)68(4,5)6)59-26-14-24-58-56-39-38-50(42-63(56)73(64(58)59)66-60(69)27-16-40-70-66)74-49-18-13-17-48(41-49)71-43-72-61-28-12-11-23-55(61)53-21-9-7-19-51(53)52-20-8-10-22-54(52)57-25-15-29-62(71)65(57)72;/h7-40H,1-6H3;/q-2;. The van der Waals surface area contributed by atoms with E-state index in [1.54, 1.807) is 0 Å². The molecular weight excluding hydrogens is 1100 g/mol. The number of pyridine rings is 1. The van der Waals surface area contributed by atoms with Crippen LogP contribution in [0.4, 0.5) is 0 Å². The first kappa shape index (κ1) is 46.7. The van der Waals surface area contributed by atoms with Gasteiger partial charge in [0.2, 0.25) is 0 Å². The van der Waals surface area contributed by atoms with Gasteiger partial charge in [-0.25, -0.2) is 4.98 Å². The molecule has 5 nitrogen and oxygen atoms in total. The number of para-hydroxylation sites is 3. The fourth-order valence-corrected chi connectivity index (χ4v) is 12.1. The summed E-state index contributed by atoms with van der Waals surface area (Å²) < 4.78 is 13.5. The van der Waals surface area contributed by atoms with Crippen LogP contribution in [0.25, 0.3) is 83.4 Å². The molecule has 2 aliphatic heterocycles. The fourth-order valence-electron chi connectivity index (χ4n) is 12.1. The molecule has 366 valence electrons. The van der Waals surface area contributed by atoms with E-state index < -0.39 is 5.41 Å². The monoisotopic (exact) mass is 1150 g/mol. The molecule has 0 fully saturated rings. The Labute approximate surface area is 452 Å². The summed E-state index contributed by atoms with van der Waals surface area (Å²) in [6, 6.07) is 80.1. The molecule has 0 radical (unpaired) electrons. The summed E-state index contributed by atoms with van der Waals surface area (Å²) in [6.45, 7) is 13.7. The van der Waals surface area contributed by atoms with E-state index in [1.165, 1.54) is 50.1 Å². The Balaban J connectivity index is 0.00000541. The van der Waals surface area contributed by atoms with Crippen LogP contribution in [0.5, 0.6) is 11.5 Å². The molecule has 0 unspecified atom stereocenters. The van der Waals surface area contributed by atoms with Crippen molar-refractivity contribution in [3.63, 3.8) is 0 Å². The minimum atomic E-state index is -0.666. The number of rotatable bonds is 5. The molecule has 75 heavy (non-hydrogen) atoms. The molecule has 5 heterocycles. The second-order valence-electron chi connectivity index (χ2n) is 22.0. The largest absolute Gasteiger partial charge is 0.510 e. The first-order valence-corrected chi connectivity index (χ1v) is 25.6. The summed E-state index contributed by atoms with van der Waals surface area (Å²) in [5.74, 6) is 2.03. The average molecular weight is 1150 g/mol. The van der Waals surface area contributed by atoms with Crippen LogP contribution in [-0.2, 0) is 37.3 Å². The van der Waals surface area contributed by atoms with Crippen LogP contribution >= 0.6 is 0 Å². The van der Waals surface area contributed by atoms with E-state index in [1.807, 2.05) is 24.4 Å². The van der Waals surface area contributed by atoms with Crippen molar-refractivity contribution < 1.29 is 30.4 Å². The molecule has 0 atom stereocenters. The van der Waals surface area contributed by atoms with Crippen molar-refractivity contribution in [3.8, 4) is 62.1 Å². The van der Waals surface area contributed by atoms with Crippen molar-refractivity contribution in [1.82, 2.24) is 14.1 Å². The molecule has 3 aromatic heterocycles. The smallest absolute Gasteiger partial charge is 0.268 e. The number of nitrogens with zero attached hydrogens (tertiary/aromatic N) is 4. The zero-order valence-corrected chi connectivity index (χ0v) is 44.9. The van der Waals surface area contributed by atoms with Gasteiger partial charge in [-0.3, -0.25) is 4.57 Å². The third kappa shape index (κ3) is 7.08. The van der Waals surface area contributed by atoms with E-state index >= 15 is 0 Å². The van der Waals surface area contributed by atoms with Crippen LogP contribution in [0, 0.1) is 18.5 Å². The average Bonchev–Trinajstić information content (AvgIpc) is 4.04. The maximum absolute atomic E-state index is 6.84. The van der Waals surface area contributed by atoms with Crippen molar-refractivity contribution in [2.24, 2.45) is 0 Å². The predicted octanol–water partition coefficient (Wildman–Crippen LogP) is 16.2. The van der Waals surface area contributed by atoms with Crippen LogP contribution in [0.15, 0.2) is 206 Å². The molecule has 2 aliphatic rings. The maximum Gasteiger partial charge on any atom is 0.268 e. The number of imidazole rings is 1. The van der Waals surface area contributed by atoms with E-state index in [2.05, 4.69) is 256 Å². The first-order valence-electron chi connectivity index (χ1n) is 25.6. The van der Waals surface area contributed by atoms with E-state index in [0.717, 1.165) is 66.7 Å². The molecule has 0 saturated carbocycles.